The molecular weight excluding hydrogens is 390 g/mol. The highest BCUT2D eigenvalue weighted by molar-refractivity contribution is 8.01. The molecule has 0 amide bonds. The van der Waals surface area contributed by atoms with Gasteiger partial charge in [0.15, 0.2) is 4.34 Å². The van der Waals surface area contributed by atoms with E-state index in [-0.39, 0.29) is 5.25 Å². The maximum Gasteiger partial charge on any atom is 0.247 e. The maximum absolute atomic E-state index is 6.03. The zero-order valence-corrected chi connectivity index (χ0v) is 16.4. The van der Waals surface area contributed by atoms with Gasteiger partial charge in [0.05, 0.1) is 22.6 Å². The van der Waals surface area contributed by atoms with Gasteiger partial charge in [0.25, 0.3) is 0 Å². The van der Waals surface area contributed by atoms with E-state index in [9.17, 15) is 0 Å². The van der Waals surface area contributed by atoms with Crippen LogP contribution >= 0.6 is 34.7 Å². The summed E-state index contributed by atoms with van der Waals surface area (Å²) in [5, 5.41) is 9.02. The van der Waals surface area contributed by atoms with Crippen LogP contribution in [0.15, 0.2) is 51.2 Å². The van der Waals surface area contributed by atoms with Gasteiger partial charge in [-0.2, -0.15) is 0 Å². The minimum Gasteiger partial charge on any atom is -0.497 e. The number of hydrogen-bond acceptors (Lipinski definition) is 7. The summed E-state index contributed by atoms with van der Waals surface area (Å²) < 4.78 is 13.1. The lowest BCUT2D eigenvalue weighted by Gasteiger charge is -2.03. The number of nitrogens with zero attached hydrogens (tertiary/aromatic N) is 3. The first-order chi connectivity index (χ1) is 12.6. The van der Waals surface area contributed by atoms with E-state index in [2.05, 4.69) is 15.2 Å². The van der Waals surface area contributed by atoms with Crippen LogP contribution in [0.2, 0.25) is 5.02 Å². The van der Waals surface area contributed by atoms with Crippen LogP contribution in [0.1, 0.15) is 18.1 Å². The van der Waals surface area contributed by atoms with Crippen molar-refractivity contribution in [3.63, 3.8) is 0 Å². The quantitative estimate of drug-likeness (QED) is 0.389. The monoisotopic (exact) mass is 403 g/mol. The van der Waals surface area contributed by atoms with Crippen LogP contribution in [-0.4, -0.2) is 22.3 Å². The predicted octanol–water partition coefficient (Wildman–Crippen LogP) is 5.86. The standard InChI is InChI=1S/C18H14ClN3O2S2/c1-10(25-18-20-14-9-12(19)5-8-15(14)26-18)16-21-22-17(24-16)11-3-6-13(23-2)7-4-11/h3-10H,1-2H3/t10-/m1/s1. The van der Waals surface area contributed by atoms with E-state index in [0.29, 0.717) is 16.8 Å². The number of rotatable bonds is 5. The number of aromatic nitrogens is 3. The Kier molecular flexibility index (Phi) is 4.84. The molecule has 0 radical (unpaired) electrons. The highest BCUT2D eigenvalue weighted by Gasteiger charge is 2.18. The average Bonchev–Trinajstić information content (AvgIpc) is 3.28. The lowest BCUT2D eigenvalue weighted by molar-refractivity contribution is 0.415. The van der Waals surface area contributed by atoms with E-state index in [1.807, 2.05) is 49.4 Å². The Morgan fingerprint density at radius 2 is 1.96 bits per heavy atom. The van der Waals surface area contributed by atoms with Gasteiger partial charge in [-0.15, -0.1) is 21.5 Å². The molecule has 0 spiro atoms. The third-order valence-electron chi connectivity index (χ3n) is 3.73. The van der Waals surface area contributed by atoms with Gasteiger partial charge in [0.1, 0.15) is 5.75 Å². The molecule has 132 valence electrons. The summed E-state index contributed by atoms with van der Waals surface area (Å²) in [6.07, 6.45) is 0. The van der Waals surface area contributed by atoms with Crippen LogP contribution in [0.4, 0.5) is 0 Å². The summed E-state index contributed by atoms with van der Waals surface area (Å²) in [5.41, 5.74) is 1.76. The summed E-state index contributed by atoms with van der Waals surface area (Å²) >= 11 is 9.24. The molecular formula is C18H14ClN3O2S2. The minimum atomic E-state index is -0.00877. The first-order valence-electron chi connectivity index (χ1n) is 7.83. The van der Waals surface area contributed by atoms with Crippen molar-refractivity contribution in [3.05, 3.63) is 53.4 Å². The van der Waals surface area contributed by atoms with E-state index < -0.39 is 0 Å². The number of thiazole rings is 1. The molecule has 0 aliphatic heterocycles. The molecule has 5 nitrogen and oxygen atoms in total. The van der Waals surface area contributed by atoms with Crippen LogP contribution in [0, 0.1) is 0 Å². The van der Waals surface area contributed by atoms with Crippen molar-refractivity contribution in [2.24, 2.45) is 0 Å². The largest absolute Gasteiger partial charge is 0.497 e. The fourth-order valence-corrected chi connectivity index (χ4v) is 4.77. The van der Waals surface area contributed by atoms with Gasteiger partial charge >= 0.3 is 0 Å². The topological polar surface area (TPSA) is 61.0 Å². The molecule has 2 aromatic carbocycles. The fourth-order valence-electron chi connectivity index (χ4n) is 2.38. The molecule has 0 unspecified atom stereocenters. The van der Waals surface area contributed by atoms with Crippen molar-refractivity contribution in [3.8, 4) is 17.2 Å². The molecule has 26 heavy (non-hydrogen) atoms. The summed E-state index contributed by atoms with van der Waals surface area (Å²) in [5.74, 6) is 1.85. The van der Waals surface area contributed by atoms with Crippen molar-refractivity contribution in [2.45, 2.75) is 16.5 Å². The van der Waals surface area contributed by atoms with Gasteiger partial charge in [0.2, 0.25) is 11.8 Å². The molecule has 1 atom stereocenters. The average molecular weight is 404 g/mol. The number of methoxy groups -OCH3 is 1. The SMILES string of the molecule is COc1ccc(-c2nnc([C@@H](C)Sc3nc4cc(Cl)ccc4s3)o2)cc1. The van der Waals surface area contributed by atoms with Gasteiger partial charge in [-0.05, 0) is 49.4 Å². The van der Waals surface area contributed by atoms with Crippen LogP contribution in [0.3, 0.4) is 0 Å². The number of halogens is 1. The molecule has 8 heteroatoms. The van der Waals surface area contributed by atoms with Gasteiger partial charge < -0.3 is 9.15 Å². The van der Waals surface area contributed by atoms with E-state index >= 15 is 0 Å². The van der Waals surface area contributed by atoms with Crippen molar-refractivity contribution in [2.75, 3.05) is 7.11 Å². The van der Waals surface area contributed by atoms with E-state index in [4.69, 9.17) is 20.8 Å². The Hall–Kier alpha value is -2.09. The lowest BCUT2D eigenvalue weighted by atomic mass is 10.2. The summed E-state index contributed by atoms with van der Waals surface area (Å²) in [6.45, 7) is 2.02. The van der Waals surface area contributed by atoms with Crippen LogP contribution in [-0.2, 0) is 0 Å². The maximum atomic E-state index is 6.03. The molecule has 0 aliphatic carbocycles. The Morgan fingerprint density at radius 1 is 1.15 bits per heavy atom. The fraction of sp³-hybridized carbons (Fsp3) is 0.167. The smallest absolute Gasteiger partial charge is 0.247 e. The number of benzene rings is 2. The van der Waals surface area contributed by atoms with Crippen LogP contribution < -0.4 is 4.74 Å². The third-order valence-corrected chi connectivity index (χ3v) is 6.19. The van der Waals surface area contributed by atoms with Gasteiger partial charge in [0, 0.05) is 10.6 Å². The van der Waals surface area contributed by atoms with Crippen LogP contribution in [0.5, 0.6) is 5.75 Å². The van der Waals surface area contributed by atoms with Gasteiger partial charge in [-0.25, -0.2) is 4.98 Å². The Morgan fingerprint density at radius 3 is 2.73 bits per heavy atom. The number of hydrogen-bond donors (Lipinski definition) is 0. The van der Waals surface area contributed by atoms with Crippen molar-refractivity contribution < 1.29 is 9.15 Å². The van der Waals surface area contributed by atoms with Crippen molar-refractivity contribution >= 4 is 44.9 Å². The zero-order valence-electron chi connectivity index (χ0n) is 14.0. The van der Waals surface area contributed by atoms with Crippen LogP contribution in [0.25, 0.3) is 21.7 Å². The van der Waals surface area contributed by atoms with E-state index in [1.54, 1.807) is 30.2 Å². The number of thioether (sulfide) groups is 1. The molecule has 0 N–H and O–H groups in total. The van der Waals surface area contributed by atoms with E-state index in [0.717, 1.165) is 25.9 Å². The van der Waals surface area contributed by atoms with Crippen molar-refractivity contribution in [1.29, 1.82) is 0 Å². The number of fused-ring (bicyclic) bond motifs is 1. The Balaban J connectivity index is 1.52. The Labute approximate surface area is 163 Å². The molecule has 4 aromatic rings. The molecule has 0 saturated heterocycles. The highest BCUT2D eigenvalue weighted by atomic mass is 35.5. The molecule has 2 aromatic heterocycles. The molecule has 4 rings (SSSR count). The van der Waals surface area contributed by atoms with E-state index in [1.165, 1.54) is 0 Å². The second-order valence-corrected chi connectivity index (χ2v) is 8.58. The highest BCUT2D eigenvalue weighted by Crippen LogP contribution is 2.39. The third kappa shape index (κ3) is 3.56. The normalized spacial score (nSPS) is 12.4. The first kappa shape index (κ1) is 17.3. The minimum absolute atomic E-state index is 0.00877. The molecule has 0 fully saturated rings. The Bertz CT molecular complexity index is 1050. The predicted molar refractivity (Wildman–Crippen MR) is 105 cm³/mol. The van der Waals surface area contributed by atoms with Gasteiger partial charge in [-0.1, -0.05) is 23.4 Å². The molecule has 2 heterocycles. The van der Waals surface area contributed by atoms with Crippen molar-refractivity contribution in [1.82, 2.24) is 15.2 Å². The lowest BCUT2D eigenvalue weighted by Crippen LogP contribution is -1.88. The number of ether oxygens (including phenoxy) is 1. The zero-order chi connectivity index (χ0) is 18.1. The first-order valence-corrected chi connectivity index (χ1v) is 9.90. The molecule has 0 bridgehead atoms. The molecule has 0 aliphatic rings. The second-order valence-electron chi connectivity index (χ2n) is 5.53. The second kappa shape index (κ2) is 7.26. The molecule has 0 saturated carbocycles. The summed E-state index contributed by atoms with van der Waals surface area (Å²) in [7, 11) is 1.63. The van der Waals surface area contributed by atoms with Gasteiger partial charge in [-0.3, -0.25) is 0 Å². The summed E-state index contributed by atoms with van der Waals surface area (Å²) in [6, 6.07) is 13.2. The summed E-state index contributed by atoms with van der Waals surface area (Å²) in [4.78, 5) is 4.62.